The van der Waals surface area contributed by atoms with Gasteiger partial charge in [0.05, 0.1) is 12.6 Å². The van der Waals surface area contributed by atoms with Crippen LogP contribution in [0.2, 0.25) is 0 Å². The van der Waals surface area contributed by atoms with Gasteiger partial charge in [-0.2, -0.15) is 0 Å². The van der Waals surface area contributed by atoms with E-state index in [1.165, 1.54) is 18.2 Å². The third-order valence-corrected chi connectivity index (χ3v) is 5.21. The maximum Gasteiger partial charge on any atom is 0.243 e. The molecule has 22 heavy (non-hydrogen) atoms. The number of rotatable bonds is 5. The molecule has 1 aliphatic carbocycles. The van der Waals surface area contributed by atoms with Crippen molar-refractivity contribution in [3.05, 3.63) is 35.9 Å². The van der Waals surface area contributed by atoms with Gasteiger partial charge in [0.2, 0.25) is 10.0 Å². The van der Waals surface area contributed by atoms with Crippen LogP contribution in [0.4, 0.5) is 4.39 Å². The number of aromatic nitrogens is 4. The summed E-state index contributed by atoms with van der Waals surface area (Å²) in [6.45, 7) is -0.0693. The van der Waals surface area contributed by atoms with Crippen LogP contribution in [0.15, 0.2) is 29.2 Å². The average Bonchev–Trinajstić information content (AvgIpc) is 3.16. The van der Waals surface area contributed by atoms with Crippen LogP contribution < -0.4 is 4.72 Å². The number of benzene rings is 1. The molecule has 0 unspecified atom stereocenters. The van der Waals surface area contributed by atoms with Gasteiger partial charge in [0, 0.05) is 0 Å². The smallest absolute Gasteiger partial charge is 0.225 e. The van der Waals surface area contributed by atoms with Crippen LogP contribution >= 0.6 is 0 Å². The van der Waals surface area contributed by atoms with Gasteiger partial charge in [-0.3, -0.25) is 0 Å². The molecule has 7 nitrogen and oxygen atoms in total. The monoisotopic (exact) mass is 325 g/mol. The highest BCUT2D eigenvalue weighted by molar-refractivity contribution is 7.89. The normalized spacial score (nSPS) is 16.2. The molecule has 0 aliphatic heterocycles. The Bertz CT molecular complexity index is 755. The van der Waals surface area contributed by atoms with Crippen LogP contribution in [-0.4, -0.2) is 28.6 Å². The topological polar surface area (TPSA) is 89.8 Å². The summed E-state index contributed by atoms with van der Waals surface area (Å²) in [5.74, 6) is -0.350. The Labute approximate surface area is 127 Å². The van der Waals surface area contributed by atoms with Gasteiger partial charge < -0.3 is 0 Å². The fourth-order valence-corrected chi connectivity index (χ4v) is 3.72. The number of nitrogens with zero attached hydrogens (tertiary/aromatic N) is 4. The van der Waals surface area contributed by atoms with Crippen molar-refractivity contribution < 1.29 is 12.8 Å². The fourth-order valence-electron chi connectivity index (χ4n) is 2.66. The fraction of sp³-hybridized carbons (Fsp3) is 0.462. The lowest BCUT2D eigenvalue weighted by Crippen LogP contribution is -2.26. The highest BCUT2D eigenvalue weighted by Crippen LogP contribution is 2.29. The van der Waals surface area contributed by atoms with Crippen molar-refractivity contribution in [1.82, 2.24) is 24.9 Å². The van der Waals surface area contributed by atoms with E-state index >= 15 is 0 Å². The lowest BCUT2D eigenvalue weighted by molar-refractivity contribution is 0.435. The van der Waals surface area contributed by atoms with Gasteiger partial charge >= 0.3 is 0 Å². The molecule has 0 atom stereocenters. The van der Waals surface area contributed by atoms with E-state index in [9.17, 15) is 12.8 Å². The van der Waals surface area contributed by atoms with Gasteiger partial charge in [-0.1, -0.05) is 25.0 Å². The molecule has 0 amide bonds. The third-order valence-electron chi connectivity index (χ3n) is 3.78. The number of hydrogen-bond donors (Lipinski definition) is 1. The second-order valence-corrected chi connectivity index (χ2v) is 6.97. The standard InChI is InChI=1S/C13H16FN5O2S/c14-11-7-3-4-8-12(11)22(20,21)15-9-13-16-17-18-19(13)10-5-1-2-6-10/h3-4,7-8,10,15H,1-2,5-6,9H2. The minimum atomic E-state index is -3.94. The maximum atomic E-state index is 13.6. The first-order chi connectivity index (χ1) is 10.6. The highest BCUT2D eigenvalue weighted by atomic mass is 32.2. The number of sulfonamides is 1. The zero-order chi connectivity index (χ0) is 15.6. The summed E-state index contributed by atoms with van der Waals surface area (Å²) in [7, 11) is -3.94. The molecule has 1 aromatic heterocycles. The van der Waals surface area contributed by atoms with Crippen molar-refractivity contribution in [1.29, 1.82) is 0 Å². The van der Waals surface area contributed by atoms with Gasteiger partial charge in [0.15, 0.2) is 5.82 Å². The lowest BCUT2D eigenvalue weighted by Gasteiger charge is -2.12. The molecule has 0 saturated heterocycles. The van der Waals surface area contributed by atoms with Crippen LogP contribution in [-0.2, 0) is 16.6 Å². The highest BCUT2D eigenvalue weighted by Gasteiger charge is 2.23. The first kappa shape index (κ1) is 15.0. The van der Waals surface area contributed by atoms with Crippen molar-refractivity contribution in [3.8, 4) is 0 Å². The van der Waals surface area contributed by atoms with E-state index in [1.54, 1.807) is 4.68 Å². The minimum Gasteiger partial charge on any atom is -0.225 e. The van der Waals surface area contributed by atoms with Crippen LogP contribution in [0.25, 0.3) is 0 Å². The largest absolute Gasteiger partial charge is 0.243 e. The molecule has 0 radical (unpaired) electrons. The van der Waals surface area contributed by atoms with E-state index in [1.807, 2.05) is 0 Å². The molecule has 1 fully saturated rings. The SMILES string of the molecule is O=S(=O)(NCc1nnnn1C1CCCC1)c1ccccc1F. The minimum absolute atomic E-state index is 0.0693. The Balaban J connectivity index is 1.75. The van der Waals surface area contributed by atoms with Gasteiger partial charge in [0.1, 0.15) is 10.7 Å². The van der Waals surface area contributed by atoms with Gasteiger partial charge in [-0.05, 0) is 35.4 Å². The zero-order valence-corrected chi connectivity index (χ0v) is 12.6. The molecule has 2 aromatic rings. The Morgan fingerprint density at radius 1 is 1.27 bits per heavy atom. The summed E-state index contributed by atoms with van der Waals surface area (Å²) in [6.07, 6.45) is 4.20. The van der Waals surface area contributed by atoms with E-state index in [-0.39, 0.29) is 17.5 Å². The number of halogens is 1. The Kier molecular flexibility index (Phi) is 4.16. The van der Waals surface area contributed by atoms with E-state index in [4.69, 9.17) is 0 Å². The van der Waals surface area contributed by atoms with Gasteiger partial charge in [-0.25, -0.2) is 22.2 Å². The summed E-state index contributed by atoms with van der Waals surface area (Å²) in [6, 6.07) is 5.45. The van der Waals surface area contributed by atoms with Crippen molar-refractivity contribution >= 4 is 10.0 Å². The molecule has 0 spiro atoms. The molecule has 1 aromatic carbocycles. The molecule has 0 bridgehead atoms. The molecular weight excluding hydrogens is 309 g/mol. The number of nitrogens with one attached hydrogen (secondary N) is 1. The second-order valence-electron chi connectivity index (χ2n) is 5.23. The van der Waals surface area contributed by atoms with E-state index < -0.39 is 15.8 Å². The Hall–Kier alpha value is -1.87. The second kappa shape index (κ2) is 6.09. The molecule has 1 N–H and O–H groups in total. The first-order valence-corrected chi connectivity index (χ1v) is 8.57. The summed E-state index contributed by atoms with van der Waals surface area (Å²) in [5, 5.41) is 11.4. The third kappa shape index (κ3) is 3.00. The number of tetrazole rings is 1. The van der Waals surface area contributed by atoms with Gasteiger partial charge in [-0.15, -0.1) is 5.10 Å². The number of hydrogen-bond acceptors (Lipinski definition) is 5. The quantitative estimate of drug-likeness (QED) is 0.897. The summed E-state index contributed by atoms with van der Waals surface area (Å²) in [4.78, 5) is -0.380. The van der Waals surface area contributed by atoms with E-state index in [0.717, 1.165) is 31.7 Å². The van der Waals surface area contributed by atoms with E-state index in [2.05, 4.69) is 20.2 Å². The molecule has 9 heteroatoms. The first-order valence-electron chi connectivity index (χ1n) is 7.09. The summed E-state index contributed by atoms with van der Waals surface area (Å²) in [5.41, 5.74) is 0. The molecule has 1 aliphatic rings. The Morgan fingerprint density at radius 2 is 2.00 bits per heavy atom. The predicted octanol–water partition coefficient (Wildman–Crippen LogP) is 1.41. The Morgan fingerprint density at radius 3 is 2.73 bits per heavy atom. The summed E-state index contributed by atoms with van der Waals surface area (Å²) >= 11 is 0. The molecule has 118 valence electrons. The average molecular weight is 325 g/mol. The summed E-state index contributed by atoms with van der Waals surface area (Å²) < 4.78 is 41.9. The van der Waals surface area contributed by atoms with Crippen LogP contribution in [0.3, 0.4) is 0 Å². The van der Waals surface area contributed by atoms with Crippen molar-refractivity contribution in [3.63, 3.8) is 0 Å². The maximum absolute atomic E-state index is 13.6. The molecule has 1 saturated carbocycles. The zero-order valence-electron chi connectivity index (χ0n) is 11.8. The van der Waals surface area contributed by atoms with Crippen LogP contribution in [0.5, 0.6) is 0 Å². The van der Waals surface area contributed by atoms with Crippen LogP contribution in [0.1, 0.15) is 37.5 Å². The van der Waals surface area contributed by atoms with E-state index in [0.29, 0.717) is 5.82 Å². The molecule has 1 heterocycles. The predicted molar refractivity (Wildman–Crippen MR) is 75.7 cm³/mol. The van der Waals surface area contributed by atoms with Crippen molar-refractivity contribution in [2.45, 2.75) is 43.2 Å². The molecule has 3 rings (SSSR count). The van der Waals surface area contributed by atoms with Crippen molar-refractivity contribution in [2.75, 3.05) is 0 Å². The van der Waals surface area contributed by atoms with Gasteiger partial charge in [0.25, 0.3) is 0 Å². The molecular formula is C13H16FN5O2S. The van der Waals surface area contributed by atoms with Crippen molar-refractivity contribution in [2.24, 2.45) is 0 Å². The lowest BCUT2D eigenvalue weighted by atomic mass is 10.2. The van der Waals surface area contributed by atoms with Crippen LogP contribution in [0, 0.1) is 5.82 Å².